The molecule has 0 fully saturated rings. The van der Waals surface area contributed by atoms with Gasteiger partial charge < -0.3 is 0 Å². The van der Waals surface area contributed by atoms with Crippen molar-refractivity contribution in [3.05, 3.63) is 166 Å². The maximum absolute atomic E-state index is 2.48. The Morgan fingerprint density at radius 1 is 0.357 bits per heavy atom. The fraction of sp³-hybridized carbons (Fsp3) is 0.158. The molecule has 0 bridgehead atoms. The minimum atomic E-state index is -0.542. The minimum absolute atomic E-state index is 0. The van der Waals surface area contributed by atoms with E-state index in [0.717, 1.165) is 0 Å². The van der Waals surface area contributed by atoms with Crippen molar-refractivity contribution in [3.8, 4) is 0 Å². The van der Waals surface area contributed by atoms with Crippen molar-refractivity contribution in [1.29, 1.82) is 0 Å². The molecular weight excluding hydrogens is 526 g/mol. The van der Waals surface area contributed by atoms with Crippen molar-refractivity contribution >= 4 is 79.6 Å². The molecule has 0 saturated heterocycles. The van der Waals surface area contributed by atoms with E-state index in [9.17, 15) is 0 Å². The SMILES string of the molecule is C[Si](C1C=Cc2ccccc21)C1C=Cc2ccccc21.C[Si](C1C=Cc2ccccc21)C1C=Cc2ccccc21.[Li].[Li]. The van der Waals surface area contributed by atoms with Gasteiger partial charge in [-0.3, -0.25) is 0 Å². The van der Waals surface area contributed by atoms with Gasteiger partial charge in [-0.25, -0.2) is 0 Å². The Kier molecular flexibility index (Phi) is 9.87. The van der Waals surface area contributed by atoms with E-state index < -0.39 is 17.6 Å². The van der Waals surface area contributed by atoms with Crippen LogP contribution in [-0.4, -0.2) is 55.3 Å². The summed E-state index contributed by atoms with van der Waals surface area (Å²) in [5.74, 6) is 0. The number of rotatable bonds is 4. The zero-order chi connectivity index (χ0) is 27.1. The van der Waals surface area contributed by atoms with Gasteiger partial charge in [0.05, 0.1) is 17.6 Å². The van der Waals surface area contributed by atoms with Crippen LogP contribution in [0.1, 0.15) is 66.7 Å². The molecule has 0 aromatic heterocycles. The van der Waals surface area contributed by atoms with Crippen molar-refractivity contribution in [1.82, 2.24) is 0 Å². The van der Waals surface area contributed by atoms with E-state index in [1.54, 1.807) is 0 Å². The average molecular weight is 561 g/mol. The topological polar surface area (TPSA) is 0 Å². The molecule has 4 aromatic carbocycles. The summed E-state index contributed by atoms with van der Waals surface area (Å²) in [5.41, 5.74) is 14.3. The molecule has 196 valence electrons. The van der Waals surface area contributed by atoms with Crippen LogP contribution >= 0.6 is 0 Å². The van der Waals surface area contributed by atoms with Crippen LogP contribution in [-0.2, 0) is 0 Å². The largest absolute Gasteiger partial charge is 0.0793 e. The number of benzene rings is 4. The van der Waals surface area contributed by atoms with Crippen LogP contribution in [0.2, 0.25) is 13.1 Å². The van der Waals surface area contributed by atoms with E-state index in [1.807, 2.05) is 0 Å². The molecule has 0 aliphatic heterocycles. The van der Waals surface area contributed by atoms with Crippen LogP contribution in [0.4, 0.5) is 0 Å². The van der Waals surface area contributed by atoms with Crippen LogP contribution in [0.25, 0.3) is 24.3 Å². The first-order valence-corrected chi connectivity index (χ1v) is 18.7. The molecule has 4 aromatic rings. The van der Waals surface area contributed by atoms with Gasteiger partial charge in [0.1, 0.15) is 0 Å². The number of fused-ring (bicyclic) bond motifs is 4. The third kappa shape index (κ3) is 5.70. The van der Waals surface area contributed by atoms with Crippen molar-refractivity contribution in [3.63, 3.8) is 0 Å². The molecule has 0 amide bonds. The van der Waals surface area contributed by atoms with E-state index in [4.69, 9.17) is 0 Å². The molecule has 0 N–H and O–H groups in total. The third-order valence-electron chi connectivity index (χ3n) is 9.16. The van der Waals surface area contributed by atoms with Crippen molar-refractivity contribution in [2.45, 2.75) is 35.3 Å². The van der Waals surface area contributed by atoms with Gasteiger partial charge in [-0.1, -0.05) is 159 Å². The summed E-state index contributed by atoms with van der Waals surface area (Å²) in [4.78, 5) is 0. The molecule has 42 heavy (non-hydrogen) atoms. The van der Waals surface area contributed by atoms with E-state index in [2.05, 4.69) is 159 Å². The summed E-state index contributed by atoms with van der Waals surface area (Å²) < 4.78 is 0. The first-order valence-electron chi connectivity index (χ1n) is 14.4. The van der Waals surface area contributed by atoms with Gasteiger partial charge in [-0.05, 0) is 66.7 Å². The molecule has 4 heteroatoms. The zero-order valence-electron chi connectivity index (χ0n) is 25.2. The van der Waals surface area contributed by atoms with Crippen LogP contribution in [0.3, 0.4) is 0 Å². The molecule has 4 unspecified atom stereocenters. The first kappa shape index (κ1) is 30.9. The molecule has 0 spiro atoms. The summed E-state index contributed by atoms with van der Waals surface area (Å²) in [5, 5.41) is 0. The Morgan fingerprint density at radius 3 is 0.810 bits per heavy atom. The van der Waals surface area contributed by atoms with Crippen molar-refractivity contribution in [2.24, 2.45) is 0 Å². The number of allylic oxidation sites excluding steroid dienone is 4. The maximum atomic E-state index is 2.48. The Labute approximate surface area is 278 Å². The number of hydrogen-bond donors (Lipinski definition) is 0. The fourth-order valence-electron chi connectivity index (χ4n) is 6.97. The van der Waals surface area contributed by atoms with Crippen molar-refractivity contribution in [2.75, 3.05) is 0 Å². The molecule has 0 heterocycles. The summed E-state index contributed by atoms with van der Waals surface area (Å²) in [6.07, 6.45) is 18.9. The van der Waals surface area contributed by atoms with Gasteiger partial charge in [0.15, 0.2) is 0 Å². The second-order valence-corrected chi connectivity index (χ2v) is 16.8. The van der Waals surface area contributed by atoms with E-state index >= 15 is 0 Å². The fourth-order valence-corrected chi connectivity index (χ4v) is 12.4. The molecular formula is C38H34Li2Si2. The van der Waals surface area contributed by atoms with Gasteiger partial charge in [0.25, 0.3) is 0 Å². The molecule has 4 aliphatic carbocycles. The Balaban J connectivity index is 0.000000160. The predicted octanol–water partition coefficient (Wildman–Crippen LogP) is 8.86. The van der Waals surface area contributed by atoms with Gasteiger partial charge >= 0.3 is 0 Å². The van der Waals surface area contributed by atoms with Crippen LogP contribution in [0, 0.1) is 0 Å². The van der Waals surface area contributed by atoms with Crippen LogP contribution in [0.15, 0.2) is 121 Å². The van der Waals surface area contributed by atoms with Crippen molar-refractivity contribution < 1.29 is 0 Å². The number of hydrogen-bond acceptors (Lipinski definition) is 0. The Bertz CT molecular complexity index is 1440. The monoisotopic (exact) mass is 560 g/mol. The third-order valence-corrected chi connectivity index (χ3v) is 15.1. The molecule has 8 rings (SSSR count). The molecule has 4 atom stereocenters. The van der Waals surface area contributed by atoms with E-state index in [-0.39, 0.29) is 37.7 Å². The Hall–Kier alpha value is -2.53. The second kappa shape index (κ2) is 13.4. The smallest absolute Gasteiger partial charge is 0.0710 e. The maximum Gasteiger partial charge on any atom is 0.0710 e. The first-order chi connectivity index (χ1) is 19.7. The predicted molar refractivity (Wildman–Crippen MR) is 188 cm³/mol. The van der Waals surface area contributed by atoms with Gasteiger partial charge in [-0.2, -0.15) is 0 Å². The summed E-state index contributed by atoms with van der Waals surface area (Å²) in [6, 6.07) is 35.4. The summed E-state index contributed by atoms with van der Waals surface area (Å²) in [6.45, 7) is 4.97. The normalized spacial score (nSPS) is 21.2. The quantitative estimate of drug-likeness (QED) is 0.219. The minimum Gasteiger partial charge on any atom is -0.0793 e. The van der Waals surface area contributed by atoms with Gasteiger partial charge in [0.2, 0.25) is 0 Å². The molecule has 0 saturated carbocycles. The summed E-state index contributed by atoms with van der Waals surface area (Å²) >= 11 is 0. The molecule has 0 nitrogen and oxygen atoms in total. The average Bonchev–Trinajstić information content (AvgIpc) is 3.80. The van der Waals surface area contributed by atoms with Crippen LogP contribution < -0.4 is 0 Å². The molecule has 4 radical (unpaired) electrons. The zero-order valence-corrected chi connectivity index (χ0v) is 27.2. The van der Waals surface area contributed by atoms with E-state index in [0.29, 0.717) is 22.2 Å². The second-order valence-electron chi connectivity index (χ2n) is 11.4. The Morgan fingerprint density at radius 2 is 0.571 bits per heavy atom. The standard InChI is InChI=1S/2C19H17Si.2Li/c2*1-20(18-12-10-14-6-2-4-8-16(14)18)19-13-11-15-7-3-5-9-17(15)19;;/h2*2-13,18-19H,1H3;;. The summed E-state index contributed by atoms with van der Waals surface area (Å²) in [7, 11) is -1.08. The van der Waals surface area contributed by atoms with Gasteiger partial charge in [-0.15, -0.1) is 0 Å². The van der Waals surface area contributed by atoms with Gasteiger partial charge in [0, 0.05) is 37.7 Å². The molecule has 4 aliphatic rings. The van der Waals surface area contributed by atoms with E-state index in [1.165, 1.54) is 44.5 Å². The van der Waals surface area contributed by atoms with Crippen LogP contribution in [0.5, 0.6) is 0 Å².